The van der Waals surface area contributed by atoms with Crippen LogP contribution in [0.1, 0.15) is 17.0 Å². The summed E-state index contributed by atoms with van der Waals surface area (Å²) < 4.78 is 32.3. The van der Waals surface area contributed by atoms with Crippen molar-refractivity contribution in [3.05, 3.63) is 70.0 Å². The first-order chi connectivity index (χ1) is 11.0. The van der Waals surface area contributed by atoms with Gasteiger partial charge in [-0.25, -0.2) is 8.78 Å². The Morgan fingerprint density at radius 3 is 2.52 bits per heavy atom. The van der Waals surface area contributed by atoms with Crippen molar-refractivity contribution in [2.75, 3.05) is 0 Å². The lowest BCUT2D eigenvalue weighted by molar-refractivity contribution is 0.423. The van der Waals surface area contributed by atoms with Crippen molar-refractivity contribution in [1.29, 1.82) is 0 Å². The molecular formula is C17H11ClF2N2O. The second kappa shape index (κ2) is 6.30. The van der Waals surface area contributed by atoms with Gasteiger partial charge in [-0.3, -0.25) is 0 Å². The number of aromatic nitrogens is 2. The molecule has 0 bridgehead atoms. The van der Waals surface area contributed by atoms with Crippen LogP contribution in [-0.2, 0) is 0 Å². The minimum absolute atomic E-state index is 0.201. The summed E-state index contributed by atoms with van der Waals surface area (Å²) in [4.78, 5) is 3.99. The molecule has 6 heteroatoms. The molecule has 0 atom stereocenters. The van der Waals surface area contributed by atoms with Crippen LogP contribution >= 0.6 is 11.6 Å². The lowest BCUT2D eigenvalue weighted by atomic mass is 10.1. The van der Waals surface area contributed by atoms with Crippen LogP contribution in [0.15, 0.2) is 40.9 Å². The maximum Gasteiger partial charge on any atom is 0.264 e. The fourth-order valence-electron chi connectivity index (χ4n) is 2.10. The average molecular weight is 333 g/mol. The van der Waals surface area contributed by atoms with Gasteiger partial charge in [0.05, 0.1) is 0 Å². The Bertz CT molecular complexity index is 870. The van der Waals surface area contributed by atoms with Crippen molar-refractivity contribution >= 4 is 23.8 Å². The molecule has 0 radical (unpaired) electrons. The molecule has 0 aliphatic carbocycles. The Labute approximate surface area is 136 Å². The Balaban J connectivity index is 1.89. The second-order valence-corrected chi connectivity index (χ2v) is 5.33. The number of hydrogen-bond donors (Lipinski definition) is 0. The summed E-state index contributed by atoms with van der Waals surface area (Å²) in [6, 6.07) is 8.99. The fourth-order valence-corrected chi connectivity index (χ4v) is 2.32. The van der Waals surface area contributed by atoms with Crippen LogP contribution in [0, 0.1) is 18.6 Å². The smallest absolute Gasteiger partial charge is 0.264 e. The van der Waals surface area contributed by atoms with Crippen molar-refractivity contribution < 1.29 is 13.3 Å². The van der Waals surface area contributed by atoms with E-state index in [4.69, 9.17) is 16.1 Å². The van der Waals surface area contributed by atoms with Crippen LogP contribution < -0.4 is 0 Å². The van der Waals surface area contributed by atoms with E-state index in [1.807, 2.05) is 19.1 Å². The third kappa shape index (κ3) is 3.29. The minimum Gasteiger partial charge on any atom is -0.333 e. The molecule has 0 N–H and O–H groups in total. The minimum atomic E-state index is -0.752. The van der Waals surface area contributed by atoms with Gasteiger partial charge in [0.2, 0.25) is 0 Å². The van der Waals surface area contributed by atoms with E-state index in [2.05, 4.69) is 10.1 Å². The van der Waals surface area contributed by atoms with Gasteiger partial charge in [-0.15, -0.1) is 0 Å². The molecule has 0 saturated heterocycles. The molecule has 2 aromatic carbocycles. The van der Waals surface area contributed by atoms with Gasteiger partial charge >= 0.3 is 0 Å². The summed E-state index contributed by atoms with van der Waals surface area (Å²) in [6.07, 6.45) is 3.37. The van der Waals surface area contributed by atoms with E-state index in [0.29, 0.717) is 5.02 Å². The second-order valence-electron chi connectivity index (χ2n) is 4.89. The van der Waals surface area contributed by atoms with Crippen LogP contribution in [0.2, 0.25) is 5.02 Å². The molecule has 1 heterocycles. The number of hydrogen-bond acceptors (Lipinski definition) is 3. The molecule has 23 heavy (non-hydrogen) atoms. The normalized spacial score (nSPS) is 11.3. The Hall–Kier alpha value is -2.53. The van der Waals surface area contributed by atoms with Crippen molar-refractivity contribution in [2.45, 2.75) is 6.92 Å². The van der Waals surface area contributed by atoms with Crippen LogP contribution in [0.4, 0.5) is 8.78 Å². The number of rotatable bonds is 3. The summed E-state index contributed by atoms with van der Waals surface area (Å²) in [5.41, 5.74) is 1.58. The predicted octanol–water partition coefficient (Wildman–Crippen LogP) is 5.15. The molecule has 3 nitrogen and oxygen atoms in total. The third-order valence-corrected chi connectivity index (χ3v) is 3.50. The van der Waals surface area contributed by atoms with E-state index >= 15 is 0 Å². The molecular weight excluding hydrogens is 322 g/mol. The summed E-state index contributed by atoms with van der Waals surface area (Å²) >= 11 is 5.90. The molecule has 0 fully saturated rings. The van der Waals surface area contributed by atoms with Crippen molar-refractivity contribution in [3.8, 4) is 11.5 Å². The van der Waals surface area contributed by atoms with Crippen molar-refractivity contribution in [1.82, 2.24) is 10.1 Å². The van der Waals surface area contributed by atoms with Crippen LogP contribution in [-0.4, -0.2) is 10.1 Å². The number of nitrogens with zero attached hydrogens (tertiary/aromatic N) is 2. The monoisotopic (exact) mass is 332 g/mol. The Morgan fingerprint density at radius 2 is 1.83 bits per heavy atom. The van der Waals surface area contributed by atoms with Gasteiger partial charge in [0.1, 0.15) is 17.2 Å². The third-order valence-electron chi connectivity index (χ3n) is 3.26. The predicted molar refractivity (Wildman–Crippen MR) is 84.8 cm³/mol. The summed E-state index contributed by atoms with van der Waals surface area (Å²) in [6.45, 7) is 1.92. The highest BCUT2D eigenvalue weighted by molar-refractivity contribution is 6.30. The van der Waals surface area contributed by atoms with Crippen LogP contribution in [0.25, 0.3) is 23.6 Å². The molecule has 0 unspecified atom stereocenters. The molecule has 0 aliphatic heterocycles. The van der Waals surface area contributed by atoms with Gasteiger partial charge in [0, 0.05) is 5.02 Å². The number of halogens is 3. The van der Waals surface area contributed by atoms with E-state index in [-0.39, 0.29) is 17.3 Å². The fraction of sp³-hybridized carbons (Fsp3) is 0.0588. The highest BCUT2D eigenvalue weighted by Gasteiger charge is 2.17. The van der Waals surface area contributed by atoms with E-state index in [9.17, 15) is 8.78 Å². The topological polar surface area (TPSA) is 38.9 Å². The van der Waals surface area contributed by atoms with E-state index in [0.717, 1.165) is 23.3 Å². The van der Waals surface area contributed by atoms with E-state index < -0.39 is 11.6 Å². The largest absolute Gasteiger partial charge is 0.333 e. The first-order valence-electron chi connectivity index (χ1n) is 6.77. The SMILES string of the molecule is Cc1cc(Cl)ccc1C=Cc1noc(-c2c(F)cccc2F)n1. The summed E-state index contributed by atoms with van der Waals surface area (Å²) in [7, 11) is 0. The summed E-state index contributed by atoms with van der Waals surface area (Å²) in [5, 5.41) is 4.35. The van der Waals surface area contributed by atoms with E-state index in [1.54, 1.807) is 18.2 Å². The quantitative estimate of drug-likeness (QED) is 0.666. The average Bonchev–Trinajstić information content (AvgIpc) is 2.95. The van der Waals surface area contributed by atoms with Crippen molar-refractivity contribution in [3.63, 3.8) is 0 Å². The van der Waals surface area contributed by atoms with Crippen LogP contribution in [0.3, 0.4) is 0 Å². The summed E-state index contributed by atoms with van der Waals surface area (Å²) in [5.74, 6) is -1.49. The lowest BCUT2D eigenvalue weighted by Gasteiger charge is -1.99. The molecule has 1 aromatic heterocycles. The highest BCUT2D eigenvalue weighted by Crippen LogP contribution is 2.24. The van der Waals surface area contributed by atoms with Gasteiger partial charge < -0.3 is 4.52 Å². The first-order valence-corrected chi connectivity index (χ1v) is 7.15. The lowest BCUT2D eigenvalue weighted by Crippen LogP contribution is -1.89. The van der Waals surface area contributed by atoms with Crippen molar-refractivity contribution in [2.24, 2.45) is 0 Å². The molecule has 3 rings (SSSR count). The van der Waals surface area contributed by atoms with Gasteiger partial charge in [-0.1, -0.05) is 35.0 Å². The maximum absolute atomic E-state index is 13.7. The molecule has 116 valence electrons. The van der Waals surface area contributed by atoms with Gasteiger partial charge in [-0.05, 0) is 48.4 Å². The molecule has 0 amide bonds. The zero-order valence-corrected chi connectivity index (χ0v) is 12.8. The standard InChI is InChI=1S/C17H11ClF2N2O/c1-10-9-12(18)7-5-11(10)6-8-15-21-17(23-22-15)16-13(19)3-2-4-14(16)20/h2-9H,1H3. The maximum atomic E-state index is 13.7. The number of benzene rings is 2. The zero-order valence-electron chi connectivity index (χ0n) is 12.1. The molecule has 0 spiro atoms. The highest BCUT2D eigenvalue weighted by atomic mass is 35.5. The Morgan fingerprint density at radius 1 is 1.09 bits per heavy atom. The van der Waals surface area contributed by atoms with Gasteiger partial charge in [0.25, 0.3) is 5.89 Å². The molecule has 0 saturated carbocycles. The zero-order chi connectivity index (χ0) is 16.4. The Kier molecular flexibility index (Phi) is 4.21. The van der Waals surface area contributed by atoms with Gasteiger partial charge in [0.15, 0.2) is 5.82 Å². The first kappa shape index (κ1) is 15.4. The number of aryl methyl sites for hydroxylation is 1. The van der Waals surface area contributed by atoms with Gasteiger partial charge in [-0.2, -0.15) is 4.98 Å². The van der Waals surface area contributed by atoms with E-state index in [1.165, 1.54) is 6.07 Å². The van der Waals surface area contributed by atoms with Crippen LogP contribution in [0.5, 0.6) is 0 Å². The molecule has 0 aliphatic rings. The molecule has 3 aromatic rings.